The number of guanidine groups is 1. The second-order valence-corrected chi connectivity index (χ2v) is 6.18. The van der Waals surface area contributed by atoms with Crippen LogP contribution in [0, 0.1) is 5.92 Å². The van der Waals surface area contributed by atoms with Gasteiger partial charge >= 0.3 is 0 Å². The van der Waals surface area contributed by atoms with Crippen LogP contribution in [0.25, 0.3) is 0 Å². The molecule has 0 aromatic carbocycles. The van der Waals surface area contributed by atoms with Gasteiger partial charge in [0, 0.05) is 12.1 Å². The first-order valence-corrected chi connectivity index (χ1v) is 6.63. The van der Waals surface area contributed by atoms with Crippen molar-refractivity contribution < 1.29 is 0 Å². The van der Waals surface area contributed by atoms with Crippen LogP contribution in [-0.2, 0) is 0 Å². The van der Waals surface area contributed by atoms with E-state index >= 15 is 0 Å². The second kappa shape index (κ2) is 8.19. The average molecular weight is 368 g/mol. The lowest BCUT2D eigenvalue weighted by Crippen LogP contribution is -2.45. The number of piperidine rings is 1. The van der Waals surface area contributed by atoms with Crippen molar-refractivity contribution in [1.29, 1.82) is 0 Å². The first-order valence-electron chi connectivity index (χ1n) is 6.63. The van der Waals surface area contributed by atoms with Crippen molar-refractivity contribution >= 4 is 29.9 Å². The largest absolute Gasteiger partial charge is 0.370 e. The molecule has 1 fully saturated rings. The smallest absolute Gasteiger partial charge is 0.188 e. The van der Waals surface area contributed by atoms with Gasteiger partial charge < -0.3 is 16.0 Å². The Balaban J connectivity index is 0.00000289. The number of halogens is 1. The van der Waals surface area contributed by atoms with Gasteiger partial charge in [-0.2, -0.15) is 0 Å². The summed E-state index contributed by atoms with van der Waals surface area (Å²) in [5, 5.41) is 3.18. The number of likely N-dealkylation sites (tertiary alicyclic amines) is 1. The summed E-state index contributed by atoms with van der Waals surface area (Å²) in [5.74, 6) is 1.41. The fourth-order valence-corrected chi connectivity index (χ4v) is 2.14. The summed E-state index contributed by atoms with van der Waals surface area (Å²) in [6.45, 7) is 9.57. The molecule has 1 aliphatic heterocycles. The molecule has 0 saturated carbocycles. The maximum Gasteiger partial charge on any atom is 0.188 e. The Kier molecular flexibility index (Phi) is 8.18. The van der Waals surface area contributed by atoms with Crippen LogP contribution in [0.5, 0.6) is 0 Å². The van der Waals surface area contributed by atoms with Gasteiger partial charge in [0.25, 0.3) is 0 Å². The van der Waals surface area contributed by atoms with Gasteiger partial charge in [-0.3, -0.25) is 4.99 Å². The Morgan fingerprint density at radius 3 is 2.39 bits per heavy atom. The van der Waals surface area contributed by atoms with E-state index in [0.29, 0.717) is 5.96 Å². The lowest BCUT2D eigenvalue weighted by Gasteiger charge is -2.28. The third-order valence-electron chi connectivity index (χ3n) is 3.16. The predicted molar refractivity (Wildman–Crippen MR) is 89.6 cm³/mol. The molecule has 5 heteroatoms. The van der Waals surface area contributed by atoms with Crippen molar-refractivity contribution in [2.45, 2.75) is 45.6 Å². The molecule has 0 amide bonds. The fraction of sp³-hybridized carbons (Fsp3) is 0.923. The summed E-state index contributed by atoms with van der Waals surface area (Å²) in [5.41, 5.74) is 5.83. The van der Waals surface area contributed by atoms with E-state index in [1.807, 2.05) is 0 Å². The molecule has 18 heavy (non-hydrogen) atoms. The summed E-state index contributed by atoms with van der Waals surface area (Å²) in [4.78, 5) is 6.79. The highest BCUT2D eigenvalue weighted by Gasteiger charge is 2.16. The van der Waals surface area contributed by atoms with E-state index in [4.69, 9.17) is 5.73 Å². The van der Waals surface area contributed by atoms with Crippen molar-refractivity contribution in [1.82, 2.24) is 10.2 Å². The zero-order chi connectivity index (χ0) is 12.9. The minimum atomic E-state index is 0. The number of hydrogen-bond donors (Lipinski definition) is 2. The molecule has 0 unspecified atom stereocenters. The lowest BCUT2D eigenvalue weighted by atomic mass is 9.94. The van der Waals surface area contributed by atoms with Gasteiger partial charge in [0.2, 0.25) is 0 Å². The Morgan fingerprint density at radius 2 is 1.89 bits per heavy atom. The summed E-state index contributed by atoms with van der Waals surface area (Å²) in [7, 11) is 2.19. The van der Waals surface area contributed by atoms with E-state index in [1.54, 1.807) is 0 Å². The van der Waals surface area contributed by atoms with Crippen LogP contribution in [-0.4, -0.2) is 43.1 Å². The van der Waals surface area contributed by atoms with Crippen LogP contribution in [0.4, 0.5) is 0 Å². The van der Waals surface area contributed by atoms with Crippen molar-refractivity contribution in [3.05, 3.63) is 0 Å². The van der Waals surface area contributed by atoms with E-state index in [9.17, 15) is 0 Å². The van der Waals surface area contributed by atoms with Crippen molar-refractivity contribution in [3.8, 4) is 0 Å². The van der Waals surface area contributed by atoms with E-state index in [1.165, 1.54) is 32.4 Å². The molecule has 0 aromatic heterocycles. The molecular weight excluding hydrogens is 339 g/mol. The first kappa shape index (κ1) is 18.0. The van der Waals surface area contributed by atoms with Crippen LogP contribution < -0.4 is 11.1 Å². The minimum absolute atomic E-state index is 0. The number of nitrogens with two attached hydrogens (primary N) is 1. The zero-order valence-electron chi connectivity index (χ0n) is 12.2. The normalized spacial score (nSPS) is 19.4. The average Bonchev–Trinajstić information content (AvgIpc) is 2.18. The van der Waals surface area contributed by atoms with Crippen molar-refractivity contribution in [2.75, 3.05) is 26.7 Å². The van der Waals surface area contributed by atoms with Crippen LogP contribution in [0.15, 0.2) is 4.99 Å². The van der Waals surface area contributed by atoms with Crippen LogP contribution >= 0.6 is 24.0 Å². The van der Waals surface area contributed by atoms with E-state index in [0.717, 1.165) is 12.5 Å². The van der Waals surface area contributed by atoms with Gasteiger partial charge in [-0.15, -0.1) is 24.0 Å². The van der Waals surface area contributed by atoms with Crippen LogP contribution in [0.1, 0.15) is 40.0 Å². The molecule has 1 saturated heterocycles. The third-order valence-corrected chi connectivity index (χ3v) is 3.16. The van der Waals surface area contributed by atoms with Gasteiger partial charge in [-0.05, 0) is 66.1 Å². The third kappa shape index (κ3) is 8.13. The Bertz CT molecular complexity index is 252. The minimum Gasteiger partial charge on any atom is -0.370 e. The molecule has 0 spiro atoms. The topological polar surface area (TPSA) is 53.6 Å². The lowest BCUT2D eigenvalue weighted by molar-refractivity contribution is 0.214. The molecule has 0 atom stereocenters. The molecular formula is C13H29IN4. The number of nitrogens with zero attached hydrogens (tertiary/aromatic N) is 2. The molecule has 3 N–H and O–H groups in total. The summed E-state index contributed by atoms with van der Waals surface area (Å²) >= 11 is 0. The van der Waals surface area contributed by atoms with E-state index in [2.05, 4.69) is 43.0 Å². The first-order chi connectivity index (χ1) is 7.87. The molecule has 108 valence electrons. The number of nitrogens with one attached hydrogen (secondary N) is 1. The highest BCUT2D eigenvalue weighted by atomic mass is 127. The number of hydrogen-bond acceptors (Lipinski definition) is 2. The second-order valence-electron chi connectivity index (χ2n) is 6.18. The molecule has 1 aliphatic rings. The van der Waals surface area contributed by atoms with Crippen molar-refractivity contribution in [2.24, 2.45) is 16.6 Å². The molecule has 4 nitrogen and oxygen atoms in total. The fourth-order valence-electron chi connectivity index (χ4n) is 2.14. The van der Waals surface area contributed by atoms with Crippen LogP contribution in [0.2, 0.25) is 0 Å². The molecule has 0 bridgehead atoms. The molecule has 0 aromatic rings. The van der Waals surface area contributed by atoms with Gasteiger partial charge in [-0.1, -0.05) is 0 Å². The number of aliphatic imine (C=N–C) groups is 1. The summed E-state index contributed by atoms with van der Waals surface area (Å²) in [6.07, 6.45) is 3.78. The summed E-state index contributed by atoms with van der Waals surface area (Å²) in [6, 6.07) is 0. The maximum atomic E-state index is 5.83. The quantitative estimate of drug-likeness (QED) is 0.455. The maximum absolute atomic E-state index is 5.83. The van der Waals surface area contributed by atoms with Gasteiger partial charge in [0.15, 0.2) is 5.96 Å². The van der Waals surface area contributed by atoms with Crippen LogP contribution in [0.3, 0.4) is 0 Å². The molecule has 1 rings (SSSR count). The molecule has 0 aliphatic carbocycles. The standard InChI is InChI=1S/C13H28N4.HI/c1-13(2,3)16-12(14)15-8-5-11-6-9-17(4)10-7-11;/h11H,5-10H2,1-4H3,(H3,14,15,16);1H. The van der Waals surface area contributed by atoms with E-state index < -0.39 is 0 Å². The molecule has 1 heterocycles. The summed E-state index contributed by atoms with van der Waals surface area (Å²) < 4.78 is 0. The SMILES string of the molecule is CN1CCC(CCN=C(N)NC(C)(C)C)CC1.I. The van der Waals surface area contributed by atoms with Crippen molar-refractivity contribution in [3.63, 3.8) is 0 Å². The predicted octanol–water partition coefficient (Wildman–Crippen LogP) is 2.04. The Labute approximate surface area is 129 Å². The monoisotopic (exact) mass is 368 g/mol. The van der Waals surface area contributed by atoms with E-state index in [-0.39, 0.29) is 29.5 Å². The van der Waals surface area contributed by atoms with Gasteiger partial charge in [0.05, 0.1) is 0 Å². The highest BCUT2D eigenvalue weighted by molar-refractivity contribution is 14.0. The zero-order valence-corrected chi connectivity index (χ0v) is 14.5. The highest BCUT2D eigenvalue weighted by Crippen LogP contribution is 2.19. The van der Waals surface area contributed by atoms with Gasteiger partial charge in [0.1, 0.15) is 0 Å². The Hall–Kier alpha value is -0.0400. The Morgan fingerprint density at radius 1 is 1.33 bits per heavy atom. The number of rotatable bonds is 3. The van der Waals surface area contributed by atoms with Gasteiger partial charge in [-0.25, -0.2) is 0 Å². The molecule has 0 radical (unpaired) electrons.